The average Bonchev–Trinajstić information content (AvgIpc) is 3.38. The first kappa shape index (κ1) is 18.6. The Labute approximate surface area is 168 Å². The lowest BCUT2D eigenvalue weighted by atomic mass is 10.1. The highest BCUT2D eigenvalue weighted by molar-refractivity contribution is 8.00. The molecule has 0 saturated heterocycles. The SMILES string of the molecule is O=C(CSc1ccc2c(c1)CCC2)Nc1cccc(OCCn2cncn2)c1. The van der Waals surface area contributed by atoms with Gasteiger partial charge in [-0.25, -0.2) is 9.67 Å². The number of benzene rings is 2. The fraction of sp³-hybridized carbons (Fsp3) is 0.286. The molecule has 1 amide bonds. The summed E-state index contributed by atoms with van der Waals surface area (Å²) in [5.74, 6) is 1.07. The van der Waals surface area contributed by atoms with Crippen molar-refractivity contribution in [3.63, 3.8) is 0 Å². The second kappa shape index (κ2) is 8.93. The van der Waals surface area contributed by atoms with Gasteiger partial charge in [-0.3, -0.25) is 4.79 Å². The Morgan fingerprint density at radius 1 is 1.18 bits per heavy atom. The van der Waals surface area contributed by atoms with E-state index in [1.807, 2.05) is 24.3 Å². The second-order valence-corrected chi connectivity index (χ2v) is 7.70. The summed E-state index contributed by atoms with van der Waals surface area (Å²) in [4.78, 5) is 17.4. The summed E-state index contributed by atoms with van der Waals surface area (Å²) in [5, 5.41) is 6.98. The van der Waals surface area contributed by atoms with Gasteiger partial charge in [0.2, 0.25) is 5.91 Å². The lowest BCUT2D eigenvalue weighted by Crippen LogP contribution is -2.14. The molecule has 6 nitrogen and oxygen atoms in total. The minimum absolute atomic E-state index is 0.0229. The average molecular weight is 395 g/mol. The summed E-state index contributed by atoms with van der Waals surface area (Å²) in [6, 6.07) is 14.0. The fourth-order valence-corrected chi connectivity index (χ4v) is 4.01. The van der Waals surface area contributed by atoms with E-state index in [-0.39, 0.29) is 5.91 Å². The van der Waals surface area contributed by atoms with Crippen LogP contribution < -0.4 is 10.1 Å². The number of nitrogens with one attached hydrogen (secondary N) is 1. The summed E-state index contributed by atoms with van der Waals surface area (Å²) < 4.78 is 7.44. The molecule has 144 valence electrons. The van der Waals surface area contributed by atoms with E-state index in [9.17, 15) is 4.79 Å². The van der Waals surface area contributed by atoms with Crippen LogP contribution in [0.2, 0.25) is 0 Å². The van der Waals surface area contributed by atoms with Crippen molar-refractivity contribution >= 4 is 23.4 Å². The number of hydrogen-bond donors (Lipinski definition) is 1. The molecule has 0 fully saturated rings. The molecule has 0 spiro atoms. The number of fused-ring (bicyclic) bond motifs is 1. The number of carbonyl (C=O) groups is 1. The summed E-state index contributed by atoms with van der Waals surface area (Å²) in [5.41, 5.74) is 3.62. The molecule has 3 aromatic rings. The third-order valence-electron chi connectivity index (χ3n) is 4.61. The third-order valence-corrected chi connectivity index (χ3v) is 5.61. The zero-order valence-corrected chi connectivity index (χ0v) is 16.3. The highest BCUT2D eigenvalue weighted by Crippen LogP contribution is 2.27. The van der Waals surface area contributed by atoms with Gasteiger partial charge in [0, 0.05) is 16.6 Å². The number of ether oxygens (including phenoxy) is 1. The first-order chi connectivity index (χ1) is 13.8. The second-order valence-electron chi connectivity index (χ2n) is 6.66. The number of anilines is 1. The number of aromatic nitrogens is 3. The van der Waals surface area contributed by atoms with Crippen molar-refractivity contribution in [2.75, 3.05) is 17.7 Å². The summed E-state index contributed by atoms with van der Waals surface area (Å²) >= 11 is 1.57. The largest absolute Gasteiger partial charge is 0.492 e. The molecule has 0 unspecified atom stereocenters. The van der Waals surface area contributed by atoms with E-state index in [1.165, 1.54) is 30.3 Å². The van der Waals surface area contributed by atoms with Crippen LogP contribution in [0.3, 0.4) is 0 Å². The predicted molar refractivity (Wildman–Crippen MR) is 110 cm³/mol. The molecule has 1 aliphatic rings. The van der Waals surface area contributed by atoms with Gasteiger partial charge in [0.1, 0.15) is 25.0 Å². The number of hydrogen-bond acceptors (Lipinski definition) is 5. The predicted octanol–water partition coefficient (Wildman–Crippen LogP) is 3.58. The lowest BCUT2D eigenvalue weighted by Gasteiger charge is -2.09. The van der Waals surface area contributed by atoms with Crippen LogP contribution in [0.1, 0.15) is 17.5 Å². The summed E-state index contributed by atoms with van der Waals surface area (Å²) in [6.45, 7) is 1.10. The van der Waals surface area contributed by atoms with Crippen molar-refractivity contribution in [3.05, 3.63) is 66.2 Å². The van der Waals surface area contributed by atoms with E-state index in [2.05, 4.69) is 33.6 Å². The van der Waals surface area contributed by atoms with Crippen LogP contribution in [0.25, 0.3) is 0 Å². The van der Waals surface area contributed by atoms with Gasteiger partial charge in [-0.15, -0.1) is 11.8 Å². The van der Waals surface area contributed by atoms with Gasteiger partial charge in [0.25, 0.3) is 0 Å². The number of carbonyl (C=O) groups excluding carboxylic acids is 1. The Morgan fingerprint density at radius 2 is 2.11 bits per heavy atom. The number of aryl methyl sites for hydroxylation is 2. The molecule has 1 N–H and O–H groups in total. The molecule has 1 heterocycles. The molecule has 1 aliphatic carbocycles. The lowest BCUT2D eigenvalue weighted by molar-refractivity contribution is -0.113. The van der Waals surface area contributed by atoms with Crippen molar-refractivity contribution in [3.8, 4) is 5.75 Å². The molecule has 0 radical (unpaired) electrons. The summed E-state index contributed by atoms with van der Waals surface area (Å²) in [6.07, 6.45) is 6.72. The van der Waals surface area contributed by atoms with E-state index in [0.717, 1.165) is 17.0 Å². The maximum Gasteiger partial charge on any atom is 0.234 e. The van der Waals surface area contributed by atoms with E-state index >= 15 is 0 Å². The van der Waals surface area contributed by atoms with E-state index in [4.69, 9.17) is 4.74 Å². The van der Waals surface area contributed by atoms with Crippen LogP contribution in [-0.4, -0.2) is 33.0 Å². The minimum atomic E-state index is -0.0229. The van der Waals surface area contributed by atoms with Crippen molar-refractivity contribution in [2.45, 2.75) is 30.7 Å². The van der Waals surface area contributed by atoms with Gasteiger partial charge in [0.05, 0.1) is 12.3 Å². The standard InChI is InChI=1S/C21H22N4O2S/c26-21(13-28-20-8-7-16-3-1-4-17(16)11-20)24-18-5-2-6-19(12-18)27-10-9-25-15-22-14-23-25/h2,5-8,11-12,14-15H,1,3-4,9-10,13H2,(H,24,26). The molecule has 7 heteroatoms. The monoisotopic (exact) mass is 394 g/mol. The molecule has 1 aromatic heterocycles. The first-order valence-corrected chi connectivity index (χ1v) is 10.3. The zero-order valence-electron chi connectivity index (χ0n) is 15.5. The van der Waals surface area contributed by atoms with Crippen LogP contribution in [-0.2, 0) is 24.2 Å². The fourth-order valence-electron chi connectivity index (χ4n) is 3.25. The Kier molecular flexibility index (Phi) is 5.92. The van der Waals surface area contributed by atoms with Gasteiger partial charge >= 0.3 is 0 Å². The van der Waals surface area contributed by atoms with Crippen LogP contribution in [0.15, 0.2) is 60.0 Å². The Hall–Kier alpha value is -2.80. The molecular weight excluding hydrogens is 372 g/mol. The maximum absolute atomic E-state index is 12.3. The van der Waals surface area contributed by atoms with Crippen molar-refractivity contribution in [1.82, 2.24) is 14.8 Å². The van der Waals surface area contributed by atoms with Crippen LogP contribution in [0.4, 0.5) is 5.69 Å². The van der Waals surface area contributed by atoms with E-state index in [0.29, 0.717) is 24.7 Å². The molecule has 0 saturated carbocycles. The molecule has 4 rings (SSSR count). The number of rotatable bonds is 8. The normalized spacial score (nSPS) is 12.6. The molecule has 0 bridgehead atoms. The molecule has 2 aromatic carbocycles. The van der Waals surface area contributed by atoms with E-state index < -0.39 is 0 Å². The summed E-state index contributed by atoms with van der Waals surface area (Å²) in [7, 11) is 0. The zero-order chi connectivity index (χ0) is 19.2. The smallest absolute Gasteiger partial charge is 0.234 e. The maximum atomic E-state index is 12.3. The van der Waals surface area contributed by atoms with Crippen molar-refractivity contribution in [2.24, 2.45) is 0 Å². The molecular formula is C21H22N4O2S. The molecule has 28 heavy (non-hydrogen) atoms. The van der Waals surface area contributed by atoms with Gasteiger partial charge in [-0.2, -0.15) is 5.10 Å². The highest BCUT2D eigenvalue weighted by Gasteiger charge is 2.12. The van der Waals surface area contributed by atoms with Crippen molar-refractivity contribution < 1.29 is 9.53 Å². The quantitative estimate of drug-likeness (QED) is 0.592. The van der Waals surface area contributed by atoms with Crippen LogP contribution in [0.5, 0.6) is 5.75 Å². The Morgan fingerprint density at radius 3 is 3.00 bits per heavy atom. The first-order valence-electron chi connectivity index (χ1n) is 9.36. The van der Waals surface area contributed by atoms with Crippen LogP contribution in [0, 0.1) is 0 Å². The van der Waals surface area contributed by atoms with Gasteiger partial charge < -0.3 is 10.1 Å². The third kappa shape index (κ3) is 4.92. The highest BCUT2D eigenvalue weighted by atomic mass is 32.2. The van der Waals surface area contributed by atoms with E-state index in [1.54, 1.807) is 22.8 Å². The topological polar surface area (TPSA) is 69.0 Å². The van der Waals surface area contributed by atoms with Crippen LogP contribution >= 0.6 is 11.8 Å². The van der Waals surface area contributed by atoms with Crippen molar-refractivity contribution in [1.29, 1.82) is 0 Å². The number of nitrogens with zero attached hydrogens (tertiary/aromatic N) is 3. The number of amides is 1. The van der Waals surface area contributed by atoms with Gasteiger partial charge in [0.15, 0.2) is 0 Å². The van der Waals surface area contributed by atoms with Gasteiger partial charge in [-0.1, -0.05) is 12.1 Å². The molecule has 0 atom stereocenters. The Bertz CT molecular complexity index is 943. The molecule has 0 aliphatic heterocycles. The number of thioether (sulfide) groups is 1. The Balaban J connectivity index is 1.25. The minimum Gasteiger partial charge on any atom is -0.492 e. The van der Waals surface area contributed by atoms with Gasteiger partial charge in [-0.05, 0) is 54.7 Å².